The zero-order valence-corrected chi connectivity index (χ0v) is 14.1. The maximum Gasteiger partial charge on any atom is 0.128 e. The molecule has 1 N–H and O–H groups in total. The SMILES string of the molecule is CCC1(C)CN(Cc2ncc(C)c(OC)c2C)CCCN1. The van der Waals surface area contributed by atoms with Crippen LogP contribution in [0.15, 0.2) is 6.20 Å². The van der Waals surface area contributed by atoms with E-state index in [2.05, 4.69) is 36.0 Å². The quantitative estimate of drug-likeness (QED) is 0.925. The zero-order valence-electron chi connectivity index (χ0n) is 14.1. The summed E-state index contributed by atoms with van der Waals surface area (Å²) in [6.45, 7) is 12.9. The lowest BCUT2D eigenvalue weighted by atomic mass is 9.98. The molecule has 0 aromatic carbocycles. The molecule has 4 heteroatoms. The molecule has 1 aromatic heterocycles. The molecule has 2 heterocycles. The first-order valence-electron chi connectivity index (χ1n) is 7.95. The second-order valence-electron chi connectivity index (χ2n) is 6.45. The monoisotopic (exact) mass is 291 g/mol. The molecule has 0 radical (unpaired) electrons. The van der Waals surface area contributed by atoms with E-state index in [1.165, 1.54) is 12.0 Å². The number of nitrogens with zero attached hydrogens (tertiary/aromatic N) is 2. The van der Waals surface area contributed by atoms with Gasteiger partial charge in [-0.3, -0.25) is 9.88 Å². The number of pyridine rings is 1. The molecule has 4 nitrogen and oxygen atoms in total. The topological polar surface area (TPSA) is 37.4 Å². The summed E-state index contributed by atoms with van der Waals surface area (Å²) in [5.41, 5.74) is 3.62. The molecule has 1 aliphatic rings. The Morgan fingerprint density at radius 2 is 2.19 bits per heavy atom. The molecule has 1 atom stereocenters. The van der Waals surface area contributed by atoms with Gasteiger partial charge in [0.25, 0.3) is 0 Å². The molecular formula is C17H29N3O. The van der Waals surface area contributed by atoms with Gasteiger partial charge in [-0.05, 0) is 46.7 Å². The van der Waals surface area contributed by atoms with Gasteiger partial charge >= 0.3 is 0 Å². The van der Waals surface area contributed by atoms with E-state index in [-0.39, 0.29) is 5.54 Å². The second kappa shape index (κ2) is 6.75. The van der Waals surface area contributed by atoms with Crippen LogP contribution < -0.4 is 10.1 Å². The highest BCUT2D eigenvalue weighted by atomic mass is 16.5. The van der Waals surface area contributed by atoms with Crippen molar-refractivity contribution in [3.8, 4) is 5.75 Å². The highest BCUT2D eigenvalue weighted by Gasteiger charge is 2.27. The summed E-state index contributed by atoms with van der Waals surface area (Å²) in [7, 11) is 1.74. The molecule has 2 rings (SSSR count). The molecule has 1 aromatic rings. The summed E-state index contributed by atoms with van der Waals surface area (Å²) in [5, 5.41) is 3.68. The van der Waals surface area contributed by atoms with E-state index in [4.69, 9.17) is 4.74 Å². The molecule has 0 amide bonds. The van der Waals surface area contributed by atoms with E-state index in [0.29, 0.717) is 0 Å². The number of hydrogen-bond acceptors (Lipinski definition) is 4. The van der Waals surface area contributed by atoms with Crippen LogP contribution in [0.25, 0.3) is 0 Å². The highest BCUT2D eigenvalue weighted by molar-refractivity contribution is 5.41. The van der Waals surface area contributed by atoms with Crippen molar-refractivity contribution < 1.29 is 4.74 Å². The van der Waals surface area contributed by atoms with E-state index in [0.717, 1.165) is 49.6 Å². The number of ether oxygens (including phenoxy) is 1. The standard InChI is InChI=1S/C17H29N3O/c1-6-17(4)12-20(9-7-8-19-17)11-15-14(3)16(21-5)13(2)10-18-15/h10,19H,6-9,11-12H2,1-5H3. The molecule has 0 bridgehead atoms. The average Bonchev–Trinajstić information content (AvgIpc) is 2.65. The van der Waals surface area contributed by atoms with Gasteiger partial charge in [0.05, 0.1) is 12.8 Å². The summed E-state index contributed by atoms with van der Waals surface area (Å²) < 4.78 is 5.52. The minimum atomic E-state index is 0.208. The third kappa shape index (κ3) is 3.74. The van der Waals surface area contributed by atoms with Gasteiger partial charge in [-0.25, -0.2) is 0 Å². The van der Waals surface area contributed by atoms with Crippen LogP contribution in [0.4, 0.5) is 0 Å². The van der Waals surface area contributed by atoms with Crippen molar-refractivity contribution in [1.29, 1.82) is 0 Å². The first-order valence-corrected chi connectivity index (χ1v) is 7.95. The van der Waals surface area contributed by atoms with Crippen molar-refractivity contribution in [2.24, 2.45) is 0 Å². The van der Waals surface area contributed by atoms with E-state index < -0.39 is 0 Å². The van der Waals surface area contributed by atoms with Crippen LogP contribution in [0, 0.1) is 13.8 Å². The Labute approximate surface area is 128 Å². The summed E-state index contributed by atoms with van der Waals surface area (Å²) >= 11 is 0. The normalized spacial score (nSPS) is 23.9. The van der Waals surface area contributed by atoms with E-state index in [9.17, 15) is 0 Å². The minimum absolute atomic E-state index is 0.208. The molecular weight excluding hydrogens is 262 g/mol. The van der Waals surface area contributed by atoms with E-state index in [1.54, 1.807) is 7.11 Å². The van der Waals surface area contributed by atoms with Gasteiger partial charge < -0.3 is 10.1 Å². The number of nitrogens with one attached hydrogen (secondary N) is 1. The summed E-state index contributed by atoms with van der Waals surface area (Å²) in [4.78, 5) is 7.16. The Kier molecular flexibility index (Phi) is 5.22. The zero-order chi connectivity index (χ0) is 15.5. The van der Waals surface area contributed by atoms with Gasteiger partial charge in [0, 0.05) is 36.0 Å². The van der Waals surface area contributed by atoms with Crippen LogP contribution >= 0.6 is 0 Å². The third-order valence-corrected chi connectivity index (χ3v) is 4.68. The van der Waals surface area contributed by atoms with Gasteiger partial charge in [0.1, 0.15) is 5.75 Å². The predicted molar refractivity (Wildman–Crippen MR) is 86.9 cm³/mol. The van der Waals surface area contributed by atoms with Crippen molar-refractivity contribution in [2.45, 2.75) is 52.6 Å². The Hall–Kier alpha value is -1.13. The van der Waals surface area contributed by atoms with Crippen LogP contribution in [0.2, 0.25) is 0 Å². The van der Waals surface area contributed by atoms with Crippen molar-refractivity contribution >= 4 is 0 Å². The number of methoxy groups -OCH3 is 1. The fraction of sp³-hybridized carbons (Fsp3) is 0.706. The Morgan fingerprint density at radius 3 is 2.86 bits per heavy atom. The Balaban J connectivity index is 2.17. The number of rotatable bonds is 4. The molecule has 1 aliphatic heterocycles. The number of hydrogen-bond donors (Lipinski definition) is 1. The predicted octanol–water partition coefficient (Wildman–Crippen LogP) is 2.67. The first kappa shape index (κ1) is 16.2. The molecule has 1 unspecified atom stereocenters. The third-order valence-electron chi connectivity index (χ3n) is 4.68. The van der Waals surface area contributed by atoms with E-state index in [1.807, 2.05) is 13.1 Å². The highest BCUT2D eigenvalue weighted by Crippen LogP contribution is 2.25. The molecule has 21 heavy (non-hydrogen) atoms. The van der Waals surface area contributed by atoms with E-state index >= 15 is 0 Å². The Morgan fingerprint density at radius 1 is 1.43 bits per heavy atom. The van der Waals surface area contributed by atoms with Crippen LogP contribution in [0.1, 0.15) is 43.5 Å². The van der Waals surface area contributed by atoms with Gasteiger partial charge in [-0.1, -0.05) is 6.92 Å². The van der Waals surface area contributed by atoms with Crippen LogP contribution in [0.5, 0.6) is 5.75 Å². The molecule has 1 saturated heterocycles. The summed E-state index contributed by atoms with van der Waals surface area (Å²) in [6.07, 6.45) is 4.26. The lowest BCUT2D eigenvalue weighted by molar-refractivity contribution is 0.206. The minimum Gasteiger partial charge on any atom is -0.496 e. The smallest absolute Gasteiger partial charge is 0.128 e. The van der Waals surface area contributed by atoms with Crippen molar-refractivity contribution in [1.82, 2.24) is 15.2 Å². The average molecular weight is 291 g/mol. The van der Waals surface area contributed by atoms with Crippen LogP contribution in [-0.4, -0.2) is 42.2 Å². The van der Waals surface area contributed by atoms with Gasteiger partial charge in [0.15, 0.2) is 0 Å². The first-order chi connectivity index (χ1) is 9.99. The largest absolute Gasteiger partial charge is 0.496 e. The Bertz CT molecular complexity index is 489. The summed E-state index contributed by atoms with van der Waals surface area (Å²) in [6, 6.07) is 0. The molecule has 118 valence electrons. The van der Waals surface area contributed by atoms with Gasteiger partial charge in [0.2, 0.25) is 0 Å². The van der Waals surface area contributed by atoms with Crippen LogP contribution in [0.3, 0.4) is 0 Å². The molecule has 1 fully saturated rings. The van der Waals surface area contributed by atoms with Gasteiger partial charge in [-0.2, -0.15) is 0 Å². The number of aromatic nitrogens is 1. The lowest BCUT2D eigenvalue weighted by Crippen LogP contribution is -2.48. The maximum atomic E-state index is 5.52. The molecule has 0 spiro atoms. The lowest BCUT2D eigenvalue weighted by Gasteiger charge is -2.32. The second-order valence-corrected chi connectivity index (χ2v) is 6.45. The van der Waals surface area contributed by atoms with Crippen molar-refractivity contribution in [2.75, 3.05) is 26.7 Å². The fourth-order valence-electron chi connectivity index (χ4n) is 3.14. The van der Waals surface area contributed by atoms with Crippen molar-refractivity contribution in [3.63, 3.8) is 0 Å². The van der Waals surface area contributed by atoms with Crippen LogP contribution in [-0.2, 0) is 6.54 Å². The maximum absolute atomic E-state index is 5.52. The number of aryl methyl sites for hydroxylation is 1. The molecule has 0 saturated carbocycles. The van der Waals surface area contributed by atoms with Crippen molar-refractivity contribution in [3.05, 3.63) is 23.0 Å². The fourth-order valence-corrected chi connectivity index (χ4v) is 3.14. The van der Waals surface area contributed by atoms with Gasteiger partial charge in [-0.15, -0.1) is 0 Å². The molecule has 0 aliphatic carbocycles. The summed E-state index contributed by atoms with van der Waals surface area (Å²) in [5.74, 6) is 0.978.